The van der Waals surface area contributed by atoms with Crippen molar-refractivity contribution in [2.75, 3.05) is 0 Å². The molecule has 0 aromatic heterocycles. The second-order valence-corrected chi connectivity index (χ2v) is 7.17. The van der Waals surface area contributed by atoms with Gasteiger partial charge in [0.15, 0.2) is 0 Å². The summed E-state index contributed by atoms with van der Waals surface area (Å²) in [6.45, 7) is 2.31. The van der Waals surface area contributed by atoms with Crippen LogP contribution in [0, 0.1) is 17.2 Å². The van der Waals surface area contributed by atoms with E-state index < -0.39 is 0 Å². The second-order valence-electron chi connectivity index (χ2n) is 7.17. The molecule has 0 spiro atoms. The number of nitrogens with zero attached hydrogens (tertiary/aromatic N) is 1. The molecule has 1 saturated carbocycles. The van der Waals surface area contributed by atoms with Gasteiger partial charge in [-0.05, 0) is 59.9 Å². The van der Waals surface area contributed by atoms with Gasteiger partial charge in [0, 0.05) is 0 Å². The zero-order valence-electron chi connectivity index (χ0n) is 14.7. The molecule has 2 aromatic rings. The first-order chi connectivity index (χ1) is 11.8. The van der Waals surface area contributed by atoms with Crippen molar-refractivity contribution in [1.29, 1.82) is 5.26 Å². The van der Waals surface area contributed by atoms with Crippen LogP contribution in [-0.2, 0) is 0 Å². The third-order valence-corrected chi connectivity index (χ3v) is 5.51. The fraction of sp³-hybridized carbons (Fsp3) is 0.435. The van der Waals surface area contributed by atoms with Crippen LogP contribution in [0.2, 0.25) is 0 Å². The normalized spacial score (nSPS) is 21.0. The molecule has 0 aliphatic heterocycles. The first-order valence-corrected chi connectivity index (χ1v) is 9.40. The van der Waals surface area contributed by atoms with Gasteiger partial charge in [-0.3, -0.25) is 0 Å². The van der Waals surface area contributed by atoms with E-state index >= 15 is 0 Å². The van der Waals surface area contributed by atoms with Crippen molar-refractivity contribution in [2.24, 2.45) is 5.92 Å². The quantitative estimate of drug-likeness (QED) is 0.576. The number of nitriles is 1. The van der Waals surface area contributed by atoms with Crippen LogP contribution in [0.5, 0.6) is 0 Å². The van der Waals surface area contributed by atoms with E-state index in [1.54, 1.807) is 0 Å². The van der Waals surface area contributed by atoms with Crippen molar-refractivity contribution >= 4 is 0 Å². The largest absolute Gasteiger partial charge is 0.192 e. The molecule has 124 valence electrons. The smallest absolute Gasteiger partial charge is 0.0991 e. The summed E-state index contributed by atoms with van der Waals surface area (Å²) in [5.41, 5.74) is 4.64. The zero-order chi connectivity index (χ0) is 16.8. The van der Waals surface area contributed by atoms with E-state index in [2.05, 4.69) is 37.3 Å². The fourth-order valence-corrected chi connectivity index (χ4v) is 4.09. The van der Waals surface area contributed by atoms with Crippen LogP contribution in [0.15, 0.2) is 48.5 Å². The highest BCUT2D eigenvalue weighted by molar-refractivity contribution is 5.64. The summed E-state index contributed by atoms with van der Waals surface area (Å²) in [5, 5.41) is 8.90. The van der Waals surface area contributed by atoms with E-state index in [0.29, 0.717) is 0 Å². The Labute approximate surface area is 146 Å². The Morgan fingerprint density at radius 2 is 1.54 bits per heavy atom. The lowest BCUT2D eigenvalue weighted by molar-refractivity contribution is 0.421. The molecule has 0 amide bonds. The summed E-state index contributed by atoms with van der Waals surface area (Å²) in [6, 6.07) is 19.1. The third-order valence-electron chi connectivity index (χ3n) is 5.51. The molecule has 2 aromatic carbocycles. The Balaban J connectivity index is 1.68. The van der Waals surface area contributed by atoms with E-state index in [4.69, 9.17) is 5.26 Å². The second kappa shape index (κ2) is 8.15. The van der Waals surface area contributed by atoms with Crippen LogP contribution in [0.3, 0.4) is 0 Å². The van der Waals surface area contributed by atoms with Crippen molar-refractivity contribution in [1.82, 2.24) is 0 Å². The Bertz CT molecular complexity index is 675. The van der Waals surface area contributed by atoms with E-state index in [1.165, 1.54) is 61.6 Å². The van der Waals surface area contributed by atoms with Crippen molar-refractivity contribution in [3.8, 4) is 17.2 Å². The fourth-order valence-electron chi connectivity index (χ4n) is 4.09. The Hall–Kier alpha value is -2.07. The monoisotopic (exact) mass is 317 g/mol. The maximum Gasteiger partial charge on any atom is 0.0991 e. The number of benzene rings is 2. The number of hydrogen-bond acceptors (Lipinski definition) is 1. The topological polar surface area (TPSA) is 23.8 Å². The van der Waals surface area contributed by atoms with Gasteiger partial charge in [0.2, 0.25) is 0 Å². The molecule has 3 rings (SSSR count). The molecule has 1 nitrogen and oxygen atoms in total. The lowest BCUT2D eigenvalue weighted by atomic mass is 9.89. The molecule has 0 N–H and O–H groups in total. The third kappa shape index (κ3) is 4.06. The molecule has 0 unspecified atom stereocenters. The van der Waals surface area contributed by atoms with Crippen LogP contribution < -0.4 is 0 Å². The predicted octanol–water partition coefficient (Wildman–Crippen LogP) is 6.69. The summed E-state index contributed by atoms with van der Waals surface area (Å²) < 4.78 is 0. The summed E-state index contributed by atoms with van der Waals surface area (Å²) in [7, 11) is 0. The van der Waals surface area contributed by atoms with Gasteiger partial charge in [-0.25, -0.2) is 0 Å². The molecule has 0 bridgehead atoms. The highest BCUT2D eigenvalue weighted by Gasteiger charge is 2.19. The standard InChI is InChI=1S/C23H27N/c1-2-4-18-5-3-6-20(10-7-18)22-13-15-23(16-14-22)21-11-8-19(17-24)9-12-21/h8-9,11-16,18,20H,2-7,10H2,1H3/t18-,20-/m0/s1. The van der Waals surface area contributed by atoms with Crippen LogP contribution in [0.25, 0.3) is 11.1 Å². The number of rotatable bonds is 4. The molecule has 1 heteroatoms. The van der Waals surface area contributed by atoms with Gasteiger partial charge in [-0.1, -0.05) is 69.0 Å². The van der Waals surface area contributed by atoms with Crippen LogP contribution in [-0.4, -0.2) is 0 Å². The lowest BCUT2D eigenvalue weighted by Gasteiger charge is -2.16. The Morgan fingerprint density at radius 1 is 0.875 bits per heavy atom. The Kier molecular flexibility index (Phi) is 5.70. The summed E-state index contributed by atoms with van der Waals surface area (Å²) in [5.74, 6) is 1.69. The van der Waals surface area contributed by atoms with Crippen molar-refractivity contribution in [3.63, 3.8) is 0 Å². The van der Waals surface area contributed by atoms with Gasteiger partial charge in [0.25, 0.3) is 0 Å². The van der Waals surface area contributed by atoms with E-state index in [9.17, 15) is 0 Å². The van der Waals surface area contributed by atoms with E-state index in [-0.39, 0.29) is 0 Å². The lowest BCUT2D eigenvalue weighted by Crippen LogP contribution is -1.99. The first-order valence-electron chi connectivity index (χ1n) is 9.40. The maximum atomic E-state index is 8.90. The molecule has 1 aliphatic rings. The molecule has 1 fully saturated rings. The van der Waals surface area contributed by atoms with Gasteiger partial charge >= 0.3 is 0 Å². The maximum absolute atomic E-state index is 8.90. The number of hydrogen-bond donors (Lipinski definition) is 0. The molecule has 24 heavy (non-hydrogen) atoms. The van der Waals surface area contributed by atoms with Crippen molar-refractivity contribution in [2.45, 2.75) is 57.8 Å². The zero-order valence-corrected chi connectivity index (χ0v) is 14.7. The summed E-state index contributed by atoms with van der Waals surface area (Å²) in [4.78, 5) is 0. The van der Waals surface area contributed by atoms with Crippen LogP contribution in [0.4, 0.5) is 0 Å². The highest BCUT2D eigenvalue weighted by atomic mass is 14.2. The molecule has 0 saturated heterocycles. The molecule has 2 atom stereocenters. The van der Waals surface area contributed by atoms with E-state index in [0.717, 1.165) is 17.4 Å². The van der Waals surface area contributed by atoms with Gasteiger partial charge in [0.1, 0.15) is 0 Å². The molecule has 0 heterocycles. The van der Waals surface area contributed by atoms with Gasteiger partial charge < -0.3 is 0 Å². The van der Waals surface area contributed by atoms with Crippen LogP contribution in [0.1, 0.15) is 68.9 Å². The summed E-state index contributed by atoms with van der Waals surface area (Å²) in [6.07, 6.45) is 9.63. The average Bonchev–Trinajstić information content (AvgIpc) is 2.88. The highest BCUT2D eigenvalue weighted by Crippen LogP contribution is 2.36. The SMILES string of the molecule is CCC[C@H]1CCC[C@H](c2ccc(-c3ccc(C#N)cc3)cc2)CC1. The summed E-state index contributed by atoms with van der Waals surface area (Å²) >= 11 is 0. The minimum Gasteiger partial charge on any atom is -0.192 e. The van der Waals surface area contributed by atoms with Gasteiger partial charge in [-0.15, -0.1) is 0 Å². The predicted molar refractivity (Wildman–Crippen MR) is 101 cm³/mol. The van der Waals surface area contributed by atoms with Gasteiger partial charge in [-0.2, -0.15) is 5.26 Å². The van der Waals surface area contributed by atoms with Crippen molar-refractivity contribution in [3.05, 3.63) is 59.7 Å². The first kappa shape index (κ1) is 16.8. The molecule has 0 radical (unpaired) electrons. The molecule has 1 aliphatic carbocycles. The van der Waals surface area contributed by atoms with Gasteiger partial charge in [0.05, 0.1) is 11.6 Å². The molecular weight excluding hydrogens is 290 g/mol. The average molecular weight is 317 g/mol. The minimum atomic E-state index is 0.718. The molecular formula is C23H27N. The minimum absolute atomic E-state index is 0.718. The van der Waals surface area contributed by atoms with Crippen molar-refractivity contribution < 1.29 is 0 Å². The van der Waals surface area contributed by atoms with Crippen LogP contribution >= 0.6 is 0 Å². The van der Waals surface area contributed by atoms with E-state index in [1.807, 2.05) is 24.3 Å². The Morgan fingerprint density at radius 3 is 2.17 bits per heavy atom.